The number of ether oxygens (including phenoxy) is 1. The minimum atomic E-state index is -4.55. The molecule has 2 rings (SSSR count). The predicted molar refractivity (Wildman–Crippen MR) is 91.4 cm³/mol. The highest BCUT2D eigenvalue weighted by Crippen LogP contribution is 2.33. The number of halogens is 4. The average molecular weight is 387 g/mol. The summed E-state index contributed by atoms with van der Waals surface area (Å²) in [6.07, 6.45) is -4.55. The number of methoxy groups -OCH3 is 1. The van der Waals surface area contributed by atoms with Gasteiger partial charge in [-0.25, -0.2) is 4.79 Å². The first-order valence-electron chi connectivity index (χ1n) is 7.30. The van der Waals surface area contributed by atoms with Crippen LogP contribution in [0.2, 0.25) is 5.02 Å². The lowest BCUT2D eigenvalue weighted by atomic mass is 10.1. The van der Waals surface area contributed by atoms with Crippen LogP contribution in [0.15, 0.2) is 42.5 Å². The van der Waals surface area contributed by atoms with Gasteiger partial charge in [-0.05, 0) is 30.3 Å². The number of hydrogen-bond donors (Lipinski definition) is 2. The van der Waals surface area contributed by atoms with Crippen LogP contribution in [0.4, 0.5) is 24.5 Å². The Morgan fingerprint density at radius 2 is 1.81 bits per heavy atom. The maximum Gasteiger partial charge on any atom is 0.416 e. The molecule has 0 spiro atoms. The molecule has 9 heteroatoms. The van der Waals surface area contributed by atoms with Crippen molar-refractivity contribution < 1.29 is 27.5 Å². The number of alkyl halides is 3. The summed E-state index contributed by atoms with van der Waals surface area (Å²) in [5, 5.41) is 5.01. The van der Waals surface area contributed by atoms with Gasteiger partial charge < -0.3 is 15.4 Å². The van der Waals surface area contributed by atoms with E-state index in [1.807, 2.05) is 0 Å². The molecule has 0 atom stereocenters. The van der Waals surface area contributed by atoms with Gasteiger partial charge in [0.15, 0.2) is 0 Å². The summed E-state index contributed by atoms with van der Waals surface area (Å²) in [6, 6.07) is 8.98. The van der Waals surface area contributed by atoms with Crippen LogP contribution in [0.1, 0.15) is 15.9 Å². The molecule has 0 aromatic heterocycles. The van der Waals surface area contributed by atoms with E-state index in [1.54, 1.807) is 18.2 Å². The van der Waals surface area contributed by atoms with Crippen molar-refractivity contribution in [3.8, 4) is 0 Å². The first-order chi connectivity index (χ1) is 12.2. The molecule has 0 radical (unpaired) electrons. The molecule has 26 heavy (non-hydrogen) atoms. The van der Waals surface area contributed by atoms with E-state index in [0.717, 1.165) is 18.2 Å². The highest BCUT2D eigenvalue weighted by atomic mass is 35.5. The number of benzene rings is 2. The summed E-state index contributed by atoms with van der Waals surface area (Å²) in [5.74, 6) is -1.22. The van der Waals surface area contributed by atoms with Crippen LogP contribution in [-0.2, 0) is 15.7 Å². The first-order valence-corrected chi connectivity index (χ1v) is 7.68. The Balaban J connectivity index is 2.08. The molecular weight excluding hydrogens is 373 g/mol. The minimum Gasteiger partial charge on any atom is -0.465 e. The summed E-state index contributed by atoms with van der Waals surface area (Å²) in [5.41, 5.74) is -0.514. The zero-order chi connectivity index (χ0) is 19.3. The number of amides is 1. The number of carbonyl (C=O) groups is 2. The van der Waals surface area contributed by atoms with Crippen LogP contribution in [0, 0.1) is 0 Å². The van der Waals surface area contributed by atoms with E-state index < -0.39 is 23.6 Å². The van der Waals surface area contributed by atoms with Crippen molar-refractivity contribution in [1.29, 1.82) is 0 Å². The third-order valence-electron chi connectivity index (χ3n) is 3.34. The largest absolute Gasteiger partial charge is 0.465 e. The number of carbonyl (C=O) groups excluding carboxylic acids is 2. The smallest absolute Gasteiger partial charge is 0.416 e. The molecule has 0 saturated heterocycles. The molecular formula is C17H14ClF3N2O3. The lowest BCUT2D eigenvalue weighted by Gasteiger charge is -2.13. The fourth-order valence-electron chi connectivity index (χ4n) is 2.09. The zero-order valence-corrected chi connectivity index (χ0v) is 14.2. The maximum atomic E-state index is 12.7. The van der Waals surface area contributed by atoms with Crippen LogP contribution in [0.5, 0.6) is 0 Å². The number of para-hydroxylation sites is 1. The summed E-state index contributed by atoms with van der Waals surface area (Å²) in [4.78, 5) is 23.7. The number of hydrogen-bond acceptors (Lipinski definition) is 4. The third-order valence-corrected chi connectivity index (χ3v) is 3.67. The molecule has 2 aromatic carbocycles. The summed E-state index contributed by atoms with van der Waals surface area (Å²) in [7, 11) is 1.22. The topological polar surface area (TPSA) is 67.4 Å². The van der Waals surface area contributed by atoms with Crippen LogP contribution in [0.3, 0.4) is 0 Å². The number of anilines is 2. The standard InChI is InChI=1S/C17H14ClF3N2O3/c1-26-16(25)11-4-2-3-5-13(11)22-9-15(24)23-14-8-10(17(19,20)21)6-7-12(14)18/h2-8,22H,9H2,1H3,(H,23,24). The quantitative estimate of drug-likeness (QED) is 0.756. The lowest BCUT2D eigenvalue weighted by molar-refractivity contribution is -0.137. The molecule has 0 fully saturated rings. The fraction of sp³-hybridized carbons (Fsp3) is 0.176. The molecule has 0 unspecified atom stereocenters. The van der Waals surface area contributed by atoms with Crippen molar-refractivity contribution in [2.75, 3.05) is 24.3 Å². The second kappa shape index (κ2) is 8.09. The number of esters is 1. The SMILES string of the molecule is COC(=O)c1ccccc1NCC(=O)Nc1cc(C(F)(F)F)ccc1Cl. The van der Waals surface area contributed by atoms with Gasteiger partial charge in [-0.1, -0.05) is 23.7 Å². The molecule has 0 saturated carbocycles. The van der Waals surface area contributed by atoms with Crippen molar-refractivity contribution in [3.63, 3.8) is 0 Å². The Morgan fingerprint density at radius 1 is 1.12 bits per heavy atom. The van der Waals surface area contributed by atoms with E-state index in [0.29, 0.717) is 5.69 Å². The van der Waals surface area contributed by atoms with E-state index in [9.17, 15) is 22.8 Å². The molecule has 0 bridgehead atoms. The van der Waals surface area contributed by atoms with Crippen LogP contribution in [-0.4, -0.2) is 25.5 Å². The van der Waals surface area contributed by atoms with E-state index in [4.69, 9.17) is 11.6 Å². The van der Waals surface area contributed by atoms with Gasteiger partial charge in [-0.15, -0.1) is 0 Å². The van der Waals surface area contributed by atoms with Crippen molar-refractivity contribution in [2.45, 2.75) is 6.18 Å². The van der Waals surface area contributed by atoms with E-state index in [2.05, 4.69) is 15.4 Å². The van der Waals surface area contributed by atoms with Crippen molar-refractivity contribution in [1.82, 2.24) is 0 Å². The fourth-order valence-corrected chi connectivity index (χ4v) is 2.26. The lowest BCUT2D eigenvalue weighted by Crippen LogP contribution is -2.23. The number of rotatable bonds is 5. The van der Waals surface area contributed by atoms with E-state index >= 15 is 0 Å². The summed E-state index contributed by atoms with van der Waals surface area (Å²) < 4.78 is 42.9. The van der Waals surface area contributed by atoms with Gasteiger partial charge >= 0.3 is 12.1 Å². The second-order valence-electron chi connectivity index (χ2n) is 5.13. The second-order valence-corrected chi connectivity index (χ2v) is 5.54. The molecule has 5 nitrogen and oxygen atoms in total. The molecule has 1 amide bonds. The normalized spacial score (nSPS) is 11.0. The highest BCUT2D eigenvalue weighted by Gasteiger charge is 2.31. The van der Waals surface area contributed by atoms with Gasteiger partial charge in [0, 0.05) is 5.69 Å². The highest BCUT2D eigenvalue weighted by molar-refractivity contribution is 6.33. The van der Waals surface area contributed by atoms with Crippen LogP contribution < -0.4 is 10.6 Å². The van der Waals surface area contributed by atoms with Gasteiger partial charge in [0.1, 0.15) is 0 Å². The van der Waals surface area contributed by atoms with Crippen molar-refractivity contribution in [2.24, 2.45) is 0 Å². The van der Waals surface area contributed by atoms with Gasteiger partial charge in [0.25, 0.3) is 0 Å². The number of nitrogens with one attached hydrogen (secondary N) is 2. The Hall–Kier alpha value is -2.74. The molecule has 138 valence electrons. The Labute approximate surface area is 152 Å². The van der Waals surface area contributed by atoms with Gasteiger partial charge in [0.2, 0.25) is 5.91 Å². The molecule has 0 heterocycles. The molecule has 0 aliphatic rings. The Kier molecular flexibility index (Phi) is 6.10. The zero-order valence-electron chi connectivity index (χ0n) is 13.5. The summed E-state index contributed by atoms with van der Waals surface area (Å²) in [6.45, 7) is -0.291. The average Bonchev–Trinajstić information content (AvgIpc) is 2.60. The predicted octanol–water partition coefficient (Wildman–Crippen LogP) is 4.20. The maximum absolute atomic E-state index is 12.7. The van der Waals surface area contributed by atoms with Crippen molar-refractivity contribution >= 4 is 34.9 Å². The monoisotopic (exact) mass is 386 g/mol. The molecule has 2 N–H and O–H groups in total. The first kappa shape index (κ1) is 19.6. The van der Waals surface area contributed by atoms with E-state index in [-0.39, 0.29) is 22.8 Å². The van der Waals surface area contributed by atoms with Gasteiger partial charge in [-0.3, -0.25) is 4.79 Å². The van der Waals surface area contributed by atoms with Gasteiger partial charge in [0.05, 0.1) is 35.5 Å². The molecule has 2 aromatic rings. The van der Waals surface area contributed by atoms with Crippen LogP contribution in [0.25, 0.3) is 0 Å². The van der Waals surface area contributed by atoms with Crippen molar-refractivity contribution in [3.05, 3.63) is 58.6 Å². The molecule has 0 aliphatic carbocycles. The van der Waals surface area contributed by atoms with Crippen LogP contribution >= 0.6 is 11.6 Å². The molecule has 0 aliphatic heterocycles. The third kappa shape index (κ3) is 4.89. The van der Waals surface area contributed by atoms with Gasteiger partial charge in [-0.2, -0.15) is 13.2 Å². The minimum absolute atomic E-state index is 0.0266. The Bertz CT molecular complexity index is 825. The Morgan fingerprint density at radius 3 is 2.46 bits per heavy atom. The van der Waals surface area contributed by atoms with E-state index in [1.165, 1.54) is 13.2 Å². The summed E-state index contributed by atoms with van der Waals surface area (Å²) >= 11 is 5.83.